The second kappa shape index (κ2) is 10.4. The van der Waals surface area contributed by atoms with Crippen molar-refractivity contribution in [3.8, 4) is 5.69 Å². The molecule has 2 aromatic carbocycles. The van der Waals surface area contributed by atoms with Crippen LogP contribution in [0.5, 0.6) is 0 Å². The molecule has 2 heterocycles. The molecular formula is C25H25N5O3S. The van der Waals surface area contributed by atoms with E-state index in [1.807, 2.05) is 55.1 Å². The van der Waals surface area contributed by atoms with Crippen LogP contribution in [0, 0.1) is 6.92 Å². The highest BCUT2D eigenvalue weighted by atomic mass is 32.2. The molecule has 4 rings (SSSR count). The van der Waals surface area contributed by atoms with Crippen LogP contribution < -0.4 is 5.32 Å². The van der Waals surface area contributed by atoms with Crippen LogP contribution in [-0.4, -0.2) is 44.1 Å². The molecule has 0 atom stereocenters. The van der Waals surface area contributed by atoms with Crippen molar-refractivity contribution in [2.45, 2.75) is 18.5 Å². The number of anilines is 1. The van der Waals surface area contributed by atoms with Gasteiger partial charge in [0.15, 0.2) is 5.16 Å². The van der Waals surface area contributed by atoms with Crippen molar-refractivity contribution in [3.05, 3.63) is 89.5 Å². The van der Waals surface area contributed by atoms with Gasteiger partial charge in [-0.25, -0.2) is 4.79 Å². The molecule has 34 heavy (non-hydrogen) atoms. The van der Waals surface area contributed by atoms with E-state index in [9.17, 15) is 9.59 Å². The molecule has 0 radical (unpaired) electrons. The van der Waals surface area contributed by atoms with Gasteiger partial charge in [0.05, 0.1) is 18.4 Å². The number of aromatic nitrogens is 4. The summed E-state index contributed by atoms with van der Waals surface area (Å²) in [5.41, 5.74) is 4.24. The zero-order valence-corrected chi connectivity index (χ0v) is 20.0. The summed E-state index contributed by atoms with van der Waals surface area (Å²) in [6.45, 7) is 2.04. The first kappa shape index (κ1) is 23.3. The fourth-order valence-corrected chi connectivity index (χ4v) is 4.21. The Kier molecular flexibility index (Phi) is 7.12. The number of aryl methyl sites for hydroxylation is 2. The number of amides is 1. The highest BCUT2D eigenvalue weighted by Crippen LogP contribution is 2.24. The average Bonchev–Trinajstić information content (AvgIpc) is 3.44. The van der Waals surface area contributed by atoms with E-state index in [-0.39, 0.29) is 11.7 Å². The van der Waals surface area contributed by atoms with Gasteiger partial charge < -0.3 is 14.6 Å². The van der Waals surface area contributed by atoms with Crippen LogP contribution in [0.1, 0.15) is 27.4 Å². The number of hydrogen-bond acceptors (Lipinski definition) is 6. The molecule has 9 heteroatoms. The standard InChI is InChI=1S/C25H25N5O3S/c1-17-6-12-20(13-7-17)30-22(15-21-5-4-14-29(21)2)27-28-25(30)34-16-23(31)26-19-10-8-18(9-11-19)24(32)33-3/h4-14H,15-16H2,1-3H3,(H,26,31). The van der Waals surface area contributed by atoms with Gasteiger partial charge in [-0.3, -0.25) is 9.36 Å². The average molecular weight is 476 g/mol. The molecule has 8 nitrogen and oxygen atoms in total. The molecule has 0 saturated heterocycles. The van der Waals surface area contributed by atoms with Crippen molar-refractivity contribution >= 4 is 29.3 Å². The van der Waals surface area contributed by atoms with Crippen molar-refractivity contribution in [2.24, 2.45) is 7.05 Å². The number of carbonyl (C=O) groups excluding carboxylic acids is 2. The molecular weight excluding hydrogens is 450 g/mol. The van der Waals surface area contributed by atoms with E-state index >= 15 is 0 Å². The van der Waals surface area contributed by atoms with Crippen LogP contribution in [0.2, 0.25) is 0 Å². The van der Waals surface area contributed by atoms with E-state index in [2.05, 4.69) is 26.1 Å². The maximum Gasteiger partial charge on any atom is 0.337 e. The van der Waals surface area contributed by atoms with Gasteiger partial charge in [0.1, 0.15) is 5.82 Å². The largest absolute Gasteiger partial charge is 0.465 e. The minimum absolute atomic E-state index is 0.160. The van der Waals surface area contributed by atoms with Crippen LogP contribution in [0.25, 0.3) is 5.69 Å². The van der Waals surface area contributed by atoms with E-state index < -0.39 is 5.97 Å². The van der Waals surface area contributed by atoms with Crippen LogP contribution in [0.4, 0.5) is 5.69 Å². The highest BCUT2D eigenvalue weighted by molar-refractivity contribution is 7.99. The predicted molar refractivity (Wildman–Crippen MR) is 131 cm³/mol. The molecule has 4 aromatic rings. The van der Waals surface area contributed by atoms with Gasteiger partial charge in [-0.1, -0.05) is 29.5 Å². The quantitative estimate of drug-likeness (QED) is 0.306. The van der Waals surface area contributed by atoms with E-state index in [1.165, 1.54) is 18.9 Å². The molecule has 0 unspecified atom stereocenters. The first-order chi connectivity index (χ1) is 16.4. The lowest BCUT2D eigenvalue weighted by Gasteiger charge is -2.11. The molecule has 0 aliphatic rings. The van der Waals surface area contributed by atoms with Gasteiger partial charge in [0, 0.05) is 36.7 Å². The summed E-state index contributed by atoms with van der Waals surface area (Å²) in [7, 11) is 3.33. The molecule has 0 aliphatic heterocycles. The van der Waals surface area contributed by atoms with Gasteiger partial charge in [-0.15, -0.1) is 10.2 Å². The van der Waals surface area contributed by atoms with E-state index in [1.54, 1.807) is 24.3 Å². The van der Waals surface area contributed by atoms with Crippen LogP contribution >= 0.6 is 11.8 Å². The molecule has 2 aromatic heterocycles. The molecule has 1 amide bonds. The summed E-state index contributed by atoms with van der Waals surface area (Å²) >= 11 is 1.32. The van der Waals surface area contributed by atoms with E-state index in [0.29, 0.717) is 22.8 Å². The summed E-state index contributed by atoms with van der Waals surface area (Å²) in [5, 5.41) is 12.3. The summed E-state index contributed by atoms with van der Waals surface area (Å²) in [6.07, 6.45) is 2.61. The van der Waals surface area contributed by atoms with Crippen molar-refractivity contribution < 1.29 is 14.3 Å². The van der Waals surface area contributed by atoms with Gasteiger partial charge in [0.25, 0.3) is 0 Å². The third-order valence-corrected chi connectivity index (χ3v) is 6.23. The number of carbonyl (C=O) groups is 2. The summed E-state index contributed by atoms with van der Waals surface area (Å²) in [4.78, 5) is 24.1. The minimum atomic E-state index is -0.421. The Labute approximate surface area is 202 Å². The number of rotatable bonds is 8. The first-order valence-electron chi connectivity index (χ1n) is 10.7. The Hall–Kier alpha value is -3.85. The first-order valence-corrected chi connectivity index (χ1v) is 11.7. The number of methoxy groups -OCH3 is 1. The zero-order valence-electron chi connectivity index (χ0n) is 19.2. The Bertz CT molecular complexity index is 1290. The van der Waals surface area contributed by atoms with Gasteiger partial charge in [-0.05, 0) is 55.5 Å². The lowest BCUT2D eigenvalue weighted by molar-refractivity contribution is -0.113. The van der Waals surface area contributed by atoms with E-state index in [4.69, 9.17) is 4.74 Å². The number of ether oxygens (including phenoxy) is 1. The third-order valence-electron chi connectivity index (χ3n) is 5.31. The molecule has 0 spiro atoms. The molecule has 0 bridgehead atoms. The number of esters is 1. The SMILES string of the molecule is COC(=O)c1ccc(NC(=O)CSc2nnc(Cc3cccn3C)n2-c2ccc(C)cc2)cc1. The second-order valence-electron chi connectivity index (χ2n) is 7.76. The van der Waals surface area contributed by atoms with Crippen LogP contribution in [0.3, 0.4) is 0 Å². The maximum absolute atomic E-state index is 12.6. The van der Waals surface area contributed by atoms with Crippen molar-refractivity contribution in [3.63, 3.8) is 0 Å². The lowest BCUT2D eigenvalue weighted by Crippen LogP contribution is -2.15. The normalized spacial score (nSPS) is 10.8. The molecule has 0 saturated carbocycles. The van der Waals surface area contributed by atoms with Gasteiger partial charge in [-0.2, -0.15) is 0 Å². The Morgan fingerprint density at radius 2 is 1.76 bits per heavy atom. The number of nitrogens with zero attached hydrogens (tertiary/aromatic N) is 4. The summed E-state index contributed by atoms with van der Waals surface area (Å²) in [6, 6.07) is 18.8. The molecule has 0 aliphatic carbocycles. The molecule has 1 N–H and O–H groups in total. The van der Waals surface area contributed by atoms with Crippen LogP contribution in [0.15, 0.2) is 72.0 Å². The second-order valence-corrected chi connectivity index (χ2v) is 8.71. The van der Waals surface area contributed by atoms with Gasteiger partial charge >= 0.3 is 5.97 Å². The Morgan fingerprint density at radius 3 is 2.41 bits per heavy atom. The maximum atomic E-state index is 12.6. The smallest absolute Gasteiger partial charge is 0.337 e. The number of benzene rings is 2. The lowest BCUT2D eigenvalue weighted by atomic mass is 10.2. The van der Waals surface area contributed by atoms with Gasteiger partial charge in [0.2, 0.25) is 5.91 Å². The van der Waals surface area contributed by atoms with E-state index in [0.717, 1.165) is 22.8 Å². The van der Waals surface area contributed by atoms with Crippen molar-refractivity contribution in [1.82, 2.24) is 19.3 Å². The number of thioether (sulfide) groups is 1. The Morgan fingerprint density at radius 1 is 1.03 bits per heavy atom. The highest BCUT2D eigenvalue weighted by Gasteiger charge is 2.17. The third kappa shape index (κ3) is 5.37. The predicted octanol–water partition coefficient (Wildman–Crippen LogP) is 4.02. The fourth-order valence-electron chi connectivity index (χ4n) is 3.44. The monoisotopic (exact) mass is 475 g/mol. The zero-order chi connectivity index (χ0) is 24.1. The van der Waals surface area contributed by atoms with Crippen LogP contribution in [-0.2, 0) is 23.0 Å². The number of nitrogens with one attached hydrogen (secondary N) is 1. The topological polar surface area (TPSA) is 91.0 Å². The number of hydrogen-bond donors (Lipinski definition) is 1. The summed E-state index contributed by atoms with van der Waals surface area (Å²) < 4.78 is 8.75. The minimum Gasteiger partial charge on any atom is -0.465 e. The fraction of sp³-hybridized carbons (Fsp3) is 0.200. The Balaban J connectivity index is 1.49. The van der Waals surface area contributed by atoms with Crippen molar-refractivity contribution in [2.75, 3.05) is 18.2 Å². The molecule has 174 valence electrons. The van der Waals surface area contributed by atoms with Crippen molar-refractivity contribution in [1.29, 1.82) is 0 Å². The molecule has 0 fully saturated rings. The summed E-state index contributed by atoms with van der Waals surface area (Å²) in [5.74, 6) is 0.354.